The van der Waals surface area contributed by atoms with Gasteiger partial charge in [-0.3, -0.25) is 9.78 Å². The minimum atomic E-state index is -3.94. The first-order chi connectivity index (χ1) is 15.9. The number of nitrogens with zero attached hydrogens (tertiary/aromatic N) is 2. The smallest absolute Gasteiger partial charge is 0.245 e. The number of anilines is 1. The second kappa shape index (κ2) is 11.6. The molecule has 7 nitrogen and oxygen atoms in total. The Kier molecular flexibility index (Phi) is 8.57. The Morgan fingerprint density at radius 3 is 2.33 bits per heavy atom. The van der Waals surface area contributed by atoms with Crippen LogP contribution < -0.4 is 10.1 Å². The normalized spacial score (nSPS) is 11.4. The van der Waals surface area contributed by atoms with Crippen molar-refractivity contribution in [3.05, 3.63) is 84.2 Å². The summed E-state index contributed by atoms with van der Waals surface area (Å²) in [4.78, 5) is 16.7. The van der Waals surface area contributed by atoms with Gasteiger partial charge in [-0.15, -0.1) is 0 Å². The minimum absolute atomic E-state index is 0.0323. The van der Waals surface area contributed by atoms with E-state index >= 15 is 0 Å². The van der Waals surface area contributed by atoms with Gasteiger partial charge in [0.05, 0.1) is 13.7 Å². The molecule has 0 aliphatic heterocycles. The Balaban J connectivity index is 1.77. The minimum Gasteiger partial charge on any atom is -0.497 e. The highest BCUT2D eigenvalue weighted by Crippen LogP contribution is 2.20. The number of carbonyl (C=O) groups is 1. The second-order valence-corrected chi connectivity index (χ2v) is 9.60. The Hall–Kier alpha value is -3.23. The first kappa shape index (κ1) is 24.4. The summed E-state index contributed by atoms with van der Waals surface area (Å²) in [6, 6.07) is 17.7. The predicted molar refractivity (Wildman–Crippen MR) is 129 cm³/mol. The Morgan fingerprint density at radius 1 is 1.03 bits per heavy atom. The third-order valence-electron chi connectivity index (χ3n) is 5.17. The number of carbonyl (C=O) groups excluding carboxylic acids is 1. The average molecular weight is 468 g/mol. The number of aryl methyl sites for hydroxylation is 1. The third-order valence-corrected chi connectivity index (χ3v) is 6.94. The number of benzene rings is 2. The van der Waals surface area contributed by atoms with E-state index in [1.54, 1.807) is 37.4 Å². The Bertz CT molecular complexity index is 1130. The van der Waals surface area contributed by atoms with Crippen molar-refractivity contribution in [1.82, 2.24) is 9.29 Å². The summed E-state index contributed by atoms with van der Waals surface area (Å²) in [6.07, 6.45) is 6.00. The van der Waals surface area contributed by atoms with Crippen LogP contribution in [-0.4, -0.2) is 37.3 Å². The quantitative estimate of drug-likeness (QED) is 0.455. The van der Waals surface area contributed by atoms with E-state index in [1.165, 1.54) is 24.0 Å². The molecule has 0 bridgehead atoms. The number of nitrogens with one attached hydrogen (secondary N) is 1. The maximum atomic E-state index is 13.3. The topological polar surface area (TPSA) is 88.6 Å². The van der Waals surface area contributed by atoms with E-state index in [2.05, 4.69) is 17.2 Å². The number of ether oxygens (including phenoxy) is 1. The van der Waals surface area contributed by atoms with Gasteiger partial charge in [-0.05, 0) is 60.4 Å². The van der Waals surface area contributed by atoms with Crippen molar-refractivity contribution in [2.24, 2.45) is 0 Å². The van der Waals surface area contributed by atoms with Crippen molar-refractivity contribution >= 4 is 21.6 Å². The fraction of sp³-hybridized carbons (Fsp3) is 0.280. The van der Waals surface area contributed by atoms with Gasteiger partial charge in [0.25, 0.3) is 0 Å². The fourth-order valence-corrected chi connectivity index (χ4v) is 4.65. The van der Waals surface area contributed by atoms with E-state index in [4.69, 9.17) is 4.74 Å². The standard InChI is InChI=1S/C25H29N3O4S/c1-3-4-6-20-8-12-22(13-9-20)27-25(29)19-28(18-21-10-14-23(32-2)15-11-21)33(30,31)24-7-5-16-26-17-24/h5,7-17H,3-4,6,18-19H2,1-2H3,(H,27,29). The second-order valence-electron chi connectivity index (χ2n) is 7.66. The van der Waals surface area contributed by atoms with Crippen LogP contribution in [0.4, 0.5) is 5.69 Å². The molecule has 0 fully saturated rings. The molecular weight excluding hydrogens is 438 g/mol. The summed E-state index contributed by atoms with van der Waals surface area (Å²) < 4.78 is 32.9. The number of pyridine rings is 1. The van der Waals surface area contributed by atoms with Gasteiger partial charge in [0.15, 0.2) is 0 Å². The molecule has 1 aromatic heterocycles. The average Bonchev–Trinajstić information content (AvgIpc) is 2.84. The molecule has 1 N–H and O–H groups in total. The molecule has 3 aromatic rings. The molecule has 0 atom stereocenters. The first-order valence-electron chi connectivity index (χ1n) is 10.8. The number of methoxy groups -OCH3 is 1. The summed E-state index contributed by atoms with van der Waals surface area (Å²) in [5.74, 6) is 0.248. The first-order valence-corrected chi connectivity index (χ1v) is 12.3. The van der Waals surface area contributed by atoms with Crippen LogP contribution in [0.3, 0.4) is 0 Å². The SMILES string of the molecule is CCCCc1ccc(NC(=O)CN(Cc2ccc(OC)cc2)S(=O)(=O)c2cccnc2)cc1. The number of sulfonamides is 1. The van der Waals surface area contributed by atoms with Gasteiger partial charge in [-0.2, -0.15) is 4.31 Å². The van der Waals surface area contributed by atoms with Crippen LogP contribution in [0, 0.1) is 0 Å². The largest absolute Gasteiger partial charge is 0.497 e. The molecule has 0 saturated carbocycles. The molecule has 0 aliphatic rings. The Labute approximate surface area is 195 Å². The monoisotopic (exact) mass is 467 g/mol. The fourth-order valence-electron chi connectivity index (χ4n) is 3.31. The van der Waals surface area contributed by atoms with Crippen molar-refractivity contribution < 1.29 is 17.9 Å². The molecule has 3 rings (SSSR count). The Morgan fingerprint density at radius 2 is 1.73 bits per heavy atom. The van der Waals surface area contributed by atoms with Crippen LogP contribution in [0.25, 0.3) is 0 Å². The summed E-state index contributed by atoms with van der Waals surface area (Å²) in [5.41, 5.74) is 2.56. The molecule has 1 heterocycles. The lowest BCUT2D eigenvalue weighted by Crippen LogP contribution is -2.37. The van der Waals surface area contributed by atoms with Crippen molar-refractivity contribution in [2.45, 2.75) is 37.6 Å². The maximum Gasteiger partial charge on any atom is 0.245 e. The van der Waals surface area contributed by atoms with Crippen LogP contribution in [0.5, 0.6) is 5.75 Å². The number of amides is 1. The van der Waals surface area contributed by atoms with E-state index in [1.807, 2.05) is 24.3 Å². The van der Waals surface area contributed by atoms with Crippen molar-refractivity contribution in [2.75, 3.05) is 19.0 Å². The molecule has 8 heteroatoms. The number of aromatic nitrogens is 1. The zero-order chi connectivity index (χ0) is 23.7. The highest BCUT2D eigenvalue weighted by Gasteiger charge is 2.27. The molecule has 33 heavy (non-hydrogen) atoms. The van der Waals surface area contributed by atoms with Crippen molar-refractivity contribution in [3.63, 3.8) is 0 Å². The lowest BCUT2D eigenvalue weighted by molar-refractivity contribution is -0.116. The van der Waals surface area contributed by atoms with E-state index < -0.39 is 15.9 Å². The summed E-state index contributed by atoms with van der Waals surface area (Å²) in [6.45, 7) is 1.84. The van der Waals surface area contributed by atoms with Crippen LogP contribution in [0.2, 0.25) is 0 Å². The number of hydrogen-bond donors (Lipinski definition) is 1. The van der Waals surface area contributed by atoms with Crippen molar-refractivity contribution in [3.8, 4) is 5.75 Å². The van der Waals surface area contributed by atoms with Gasteiger partial charge in [0, 0.05) is 24.6 Å². The summed E-state index contributed by atoms with van der Waals surface area (Å²) >= 11 is 0. The van der Waals surface area contributed by atoms with Crippen LogP contribution in [0.1, 0.15) is 30.9 Å². The molecule has 2 aromatic carbocycles. The van der Waals surface area contributed by atoms with Crippen molar-refractivity contribution in [1.29, 1.82) is 0 Å². The van der Waals surface area contributed by atoms with Gasteiger partial charge >= 0.3 is 0 Å². The van der Waals surface area contributed by atoms with Gasteiger partial charge in [0.1, 0.15) is 10.6 Å². The highest BCUT2D eigenvalue weighted by molar-refractivity contribution is 7.89. The van der Waals surface area contributed by atoms with Gasteiger partial charge in [-0.1, -0.05) is 37.6 Å². The van der Waals surface area contributed by atoms with Crippen LogP contribution >= 0.6 is 0 Å². The van der Waals surface area contributed by atoms with Gasteiger partial charge < -0.3 is 10.1 Å². The van der Waals surface area contributed by atoms with Gasteiger partial charge in [0.2, 0.25) is 15.9 Å². The van der Waals surface area contributed by atoms with E-state index in [0.29, 0.717) is 11.4 Å². The third kappa shape index (κ3) is 6.87. The zero-order valence-corrected chi connectivity index (χ0v) is 19.7. The lowest BCUT2D eigenvalue weighted by atomic mass is 10.1. The van der Waals surface area contributed by atoms with E-state index in [0.717, 1.165) is 29.1 Å². The molecule has 1 amide bonds. The molecule has 0 radical (unpaired) electrons. The molecule has 0 aliphatic carbocycles. The van der Waals surface area contributed by atoms with Crippen LogP contribution in [-0.2, 0) is 27.8 Å². The molecule has 0 unspecified atom stereocenters. The molecule has 0 saturated heterocycles. The number of rotatable bonds is 11. The predicted octanol–water partition coefficient (Wildman–Crippen LogP) is 4.26. The van der Waals surface area contributed by atoms with Gasteiger partial charge in [-0.25, -0.2) is 8.42 Å². The summed E-state index contributed by atoms with van der Waals surface area (Å²) in [7, 11) is -2.38. The lowest BCUT2D eigenvalue weighted by Gasteiger charge is -2.22. The summed E-state index contributed by atoms with van der Waals surface area (Å²) in [5, 5.41) is 2.80. The highest BCUT2D eigenvalue weighted by atomic mass is 32.2. The molecule has 0 spiro atoms. The van der Waals surface area contributed by atoms with E-state index in [9.17, 15) is 13.2 Å². The number of unbranched alkanes of at least 4 members (excludes halogenated alkanes) is 1. The zero-order valence-electron chi connectivity index (χ0n) is 18.9. The van der Waals surface area contributed by atoms with Crippen LogP contribution in [0.15, 0.2) is 78.0 Å². The van der Waals surface area contributed by atoms with E-state index in [-0.39, 0.29) is 18.0 Å². The maximum absolute atomic E-state index is 13.3. The number of hydrogen-bond acceptors (Lipinski definition) is 5. The molecule has 174 valence electrons. The molecular formula is C25H29N3O4S.